The first-order valence-electron chi connectivity index (χ1n) is 7.19. The molecular weight excluding hydrogens is 344 g/mol. The van der Waals surface area contributed by atoms with Gasteiger partial charge in [0.05, 0.1) is 16.8 Å². The first-order chi connectivity index (χ1) is 10.4. The Labute approximate surface area is 137 Å². The zero-order valence-electron chi connectivity index (χ0n) is 12.1. The Kier molecular flexibility index (Phi) is 4.60. The molecule has 2 N–H and O–H groups in total. The second kappa shape index (κ2) is 6.32. The Morgan fingerprint density at radius 1 is 1.32 bits per heavy atom. The van der Waals surface area contributed by atoms with Crippen LogP contribution in [0.15, 0.2) is 4.34 Å². The van der Waals surface area contributed by atoms with Crippen LogP contribution in [0.2, 0.25) is 0 Å². The van der Waals surface area contributed by atoms with Crippen LogP contribution in [0.4, 0.5) is 5.13 Å². The molecular formula is C12H18N4O3S3. The molecule has 3 rings (SSSR count). The number of hydrogen-bond donors (Lipinski definition) is 2. The van der Waals surface area contributed by atoms with Gasteiger partial charge >= 0.3 is 0 Å². The highest BCUT2D eigenvalue weighted by atomic mass is 32.2. The van der Waals surface area contributed by atoms with E-state index in [0.29, 0.717) is 12.5 Å². The second-order valence-corrected chi connectivity index (χ2v) is 10.5. The molecule has 2 fully saturated rings. The van der Waals surface area contributed by atoms with Crippen LogP contribution in [0, 0.1) is 0 Å². The number of sulfone groups is 1. The van der Waals surface area contributed by atoms with Gasteiger partial charge in [-0.3, -0.25) is 4.79 Å². The maximum atomic E-state index is 12.1. The molecule has 2 heterocycles. The van der Waals surface area contributed by atoms with Crippen molar-refractivity contribution in [2.45, 2.75) is 47.9 Å². The standard InChI is InChI=1S/C12H18N4O3S3/c1-7(10(17)13-9-4-5-22(18,19)6-9)20-12-16-15-11(21-12)14-8-2-3-8/h7-9H,2-6H2,1H3,(H,13,17)(H,14,15)/t7-,9-/m0/s1. The van der Waals surface area contributed by atoms with Gasteiger partial charge in [0.2, 0.25) is 11.0 Å². The summed E-state index contributed by atoms with van der Waals surface area (Å²) in [7, 11) is -2.98. The Bertz CT molecular complexity index is 656. The number of thioether (sulfide) groups is 1. The number of anilines is 1. The van der Waals surface area contributed by atoms with E-state index in [-0.39, 0.29) is 28.7 Å². The zero-order valence-corrected chi connectivity index (χ0v) is 14.6. The summed E-state index contributed by atoms with van der Waals surface area (Å²) in [6.45, 7) is 1.79. The summed E-state index contributed by atoms with van der Waals surface area (Å²) in [5.41, 5.74) is 0. The van der Waals surface area contributed by atoms with E-state index < -0.39 is 9.84 Å². The van der Waals surface area contributed by atoms with Crippen LogP contribution < -0.4 is 10.6 Å². The molecule has 2 atom stereocenters. The van der Waals surface area contributed by atoms with Crippen LogP contribution in [-0.4, -0.2) is 53.4 Å². The number of nitrogens with zero attached hydrogens (tertiary/aromatic N) is 2. The molecule has 10 heteroatoms. The van der Waals surface area contributed by atoms with Gasteiger partial charge in [-0.1, -0.05) is 23.1 Å². The van der Waals surface area contributed by atoms with Crippen LogP contribution in [0.3, 0.4) is 0 Å². The van der Waals surface area contributed by atoms with E-state index >= 15 is 0 Å². The van der Waals surface area contributed by atoms with E-state index in [4.69, 9.17) is 0 Å². The Balaban J connectivity index is 1.49. The number of rotatable bonds is 6. The van der Waals surface area contributed by atoms with Crippen molar-refractivity contribution in [3.05, 3.63) is 0 Å². The molecule has 22 heavy (non-hydrogen) atoms. The Hall–Kier alpha value is -0.870. The molecule has 0 bridgehead atoms. The van der Waals surface area contributed by atoms with Gasteiger partial charge in [0.1, 0.15) is 0 Å². The molecule has 0 spiro atoms. The summed E-state index contributed by atoms with van der Waals surface area (Å²) < 4.78 is 23.5. The van der Waals surface area contributed by atoms with E-state index in [1.165, 1.54) is 35.9 Å². The number of aromatic nitrogens is 2. The van der Waals surface area contributed by atoms with Gasteiger partial charge in [0, 0.05) is 12.1 Å². The van der Waals surface area contributed by atoms with Crippen LogP contribution in [0.1, 0.15) is 26.2 Å². The molecule has 0 unspecified atom stereocenters. The van der Waals surface area contributed by atoms with Gasteiger partial charge in [-0.05, 0) is 26.2 Å². The number of amides is 1. The summed E-state index contributed by atoms with van der Waals surface area (Å²) in [6.07, 6.45) is 2.84. The third kappa shape index (κ3) is 4.32. The minimum atomic E-state index is -2.98. The van der Waals surface area contributed by atoms with Gasteiger partial charge in [-0.15, -0.1) is 10.2 Å². The summed E-state index contributed by atoms with van der Waals surface area (Å²) in [5.74, 6) is 0.0511. The summed E-state index contributed by atoms with van der Waals surface area (Å²) in [5, 5.41) is 14.7. The topological polar surface area (TPSA) is 101 Å². The summed E-state index contributed by atoms with van der Waals surface area (Å²) in [4.78, 5) is 12.1. The molecule has 1 aromatic heterocycles. The number of nitrogens with one attached hydrogen (secondary N) is 2. The van der Waals surface area contributed by atoms with Crippen molar-refractivity contribution in [2.24, 2.45) is 0 Å². The van der Waals surface area contributed by atoms with Crippen molar-refractivity contribution in [3.8, 4) is 0 Å². The van der Waals surface area contributed by atoms with E-state index in [2.05, 4.69) is 20.8 Å². The molecule has 1 aliphatic carbocycles. The zero-order chi connectivity index (χ0) is 15.7. The van der Waals surface area contributed by atoms with E-state index in [1.807, 2.05) is 0 Å². The molecule has 1 saturated carbocycles. The highest BCUT2D eigenvalue weighted by Gasteiger charge is 2.30. The smallest absolute Gasteiger partial charge is 0.233 e. The van der Waals surface area contributed by atoms with Crippen molar-refractivity contribution < 1.29 is 13.2 Å². The SMILES string of the molecule is C[C@H](Sc1nnc(NC2CC2)s1)C(=O)N[C@H]1CCS(=O)(=O)C1. The third-order valence-electron chi connectivity index (χ3n) is 3.54. The molecule has 122 valence electrons. The van der Waals surface area contributed by atoms with Gasteiger partial charge in [0.15, 0.2) is 14.2 Å². The first kappa shape index (κ1) is 16.0. The maximum absolute atomic E-state index is 12.1. The van der Waals surface area contributed by atoms with Crippen molar-refractivity contribution >= 4 is 44.0 Å². The van der Waals surface area contributed by atoms with E-state index in [1.54, 1.807) is 6.92 Å². The van der Waals surface area contributed by atoms with Gasteiger partial charge in [0.25, 0.3) is 0 Å². The molecule has 0 radical (unpaired) electrons. The van der Waals surface area contributed by atoms with Gasteiger partial charge < -0.3 is 10.6 Å². The highest BCUT2D eigenvalue weighted by Crippen LogP contribution is 2.32. The van der Waals surface area contributed by atoms with Crippen LogP contribution in [0.25, 0.3) is 0 Å². The summed E-state index contributed by atoms with van der Waals surface area (Å²) in [6, 6.07) is 0.262. The minimum Gasteiger partial charge on any atom is -0.357 e. The highest BCUT2D eigenvalue weighted by molar-refractivity contribution is 8.02. The second-order valence-electron chi connectivity index (χ2n) is 5.66. The van der Waals surface area contributed by atoms with Crippen LogP contribution >= 0.6 is 23.1 Å². The van der Waals surface area contributed by atoms with Crippen molar-refractivity contribution in [1.82, 2.24) is 15.5 Å². The predicted octanol–water partition coefficient (Wildman–Crippen LogP) is 0.896. The third-order valence-corrected chi connectivity index (χ3v) is 7.34. The fourth-order valence-electron chi connectivity index (χ4n) is 2.15. The first-order valence-corrected chi connectivity index (χ1v) is 10.7. The fourth-order valence-corrected chi connectivity index (χ4v) is 5.81. The molecule has 1 aromatic rings. The van der Waals surface area contributed by atoms with E-state index in [0.717, 1.165) is 9.47 Å². The largest absolute Gasteiger partial charge is 0.357 e. The monoisotopic (exact) mass is 362 g/mol. The minimum absolute atomic E-state index is 0.0460. The maximum Gasteiger partial charge on any atom is 0.233 e. The van der Waals surface area contributed by atoms with Gasteiger partial charge in [-0.25, -0.2) is 8.42 Å². The molecule has 1 amide bonds. The van der Waals surface area contributed by atoms with Crippen molar-refractivity contribution in [2.75, 3.05) is 16.8 Å². The lowest BCUT2D eigenvalue weighted by molar-refractivity contribution is -0.120. The quantitative estimate of drug-likeness (QED) is 0.725. The average Bonchev–Trinajstić information content (AvgIpc) is 3.04. The number of carbonyl (C=O) groups excluding carboxylic acids is 1. The van der Waals surface area contributed by atoms with E-state index in [9.17, 15) is 13.2 Å². The molecule has 2 aliphatic rings. The number of carbonyl (C=O) groups is 1. The van der Waals surface area contributed by atoms with Crippen LogP contribution in [0.5, 0.6) is 0 Å². The predicted molar refractivity (Wildman–Crippen MR) is 87.1 cm³/mol. The summed E-state index contributed by atoms with van der Waals surface area (Å²) >= 11 is 2.79. The van der Waals surface area contributed by atoms with Gasteiger partial charge in [-0.2, -0.15) is 0 Å². The lowest BCUT2D eigenvalue weighted by atomic mass is 10.2. The lowest BCUT2D eigenvalue weighted by Gasteiger charge is -2.14. The molecule has 1 aliphatic heterocycles. The number of hydrogen-bond acceptors (Lipinski definition) is 8. The molecule has 1 saturated heterocycles. The molecule has 0 aromatic carbocycles. The Morgan fingerprint density at radius 2 is 2.09 bits per heavy atom. The Morgan fingerprint density at radius 3 is 2.73 bits per heavy atom. The average molecular weight is 363 g/mol. The fraction of sp³-hybridized carbons (Fsp3) is 0.750. The van der Waals surface area contributed by atoms with Crippen LogP contribution in [-0.2, 0) is 14.6 Å². The molecule has 7 nitrogen and oxygen atoms in total. The normalized spacial score (nSPS) is 24.9. The van der Waals surface area contributed by atoms with Crippen molar-refractivity contribution in [3.63, 3.8) is 0 Å². The van der Waals surface area contributed by atoms with Crippen molar-refractivity contribution in [1.29, 1.82) is 0 Å². The lowest BCUT2D eigenvalue weighted by Crippen LogP contribution is -2.39.